The number of anilines is 1. The summed E-state index contributed by atoms with van der Waals surface area (Å²) in [6.07, 6.45) is 0. The van der Waals surface area contributed by atoms with E-state index in [1.54, 1.807) is 36.4 Å². The van der Waals surface area contributed by atoms with Crippen LogP contribution in [0, 0.1) is 13.8 Å². The van der Waals surface area contributed by atoms with Gasteiger partial charge in [0.05, 0.1) is 17.3 Å². The zero-order valence-corrected chi connectivity index (χ0v) is 18.0. The van der Waals surface area contributed by atoms with Crippen molar-refractivity contribution in [2.45, 2.75) is 19.9 Å². The number of aromatic hydroxyl groups is 1. The lowest BCUT2D eigenvalue weighted by Crippen LogP contribution is -2.29. The Morgan fingerprint density at radius 2 is 1.70 bits per heavy atom. The van der Waals surface area contributed by atoms with E-state index in [0.29, 0.717) is 22.6 Å². The summed E-state index contributed by atoms with van der Waals surface area (Å²) in [5.74, 6) is -1.15. The molecule has 7 heteroatoms. The molecule has 0 bridgehead atoms. The fraction of sp³-hybridized carbons (Fsp3) is 0.154. The second kappa shape index (κ2) is 7.70. The van der Waals surface area contributed by atoms with Gasteiger partial charge in [-0.3, -0.25) is 14.5 Å². The lowest BCUT2D eigenvalue weighted by molar-refractivity contribution is -0.132. The number of carbonyl (C=O) groups is 2. The van der Waals surface area contributed by atoms with Gasteiger partial charge in [-0.1, -0.05) is 35.9 Å². The first kappa shape index (κ1) is 20.6. The van der Waals surface area contributed by atoms with E-state index >= 15 is 0 Å². The van der Waals surface area contributed by atoms with Crippen LogP contribution in [0.15, 0.2) is 66.2 Å². The van der Waals surface area contributed by atoms with Gasteiger partial charge < -0.3 is 19.7 Å². The van der Waals surface area contributed by atoms with Crippen LogP contribution in [0.4, 0.5) is 5.69 Å². The molecule has 0 aliphatic carbocycles. The summed E-state index contributed by atoms with van der Waals surface area (Å²) >= 11 is 0. The molecule has 3 aromatic rings. The smallest absolute Gasteiger partial charge is 0.300 e. The Hall–Kier alpha value is -4.26. The van der Waals surface area contributed by atoms with Crippen LogP contribution in [0.5, 0.6) is 17.2 Å². The molecule has 1 atom stereocenters. The van der Waals surface area contributed by atoms with E-state index in [4.69, 9.17) is 9.47 Å². The number of aryl methyl sites for hydroxylation is 2. The molecule has 3 aromatic carbocycles. The van der Waals surface area contributed by atoms with Crippen molar-refractivity contribution >= 4 is 23.1 Å². The number of hydrogen-bond donors (Lipinski definition) is 2. The van der Waals surface area contributed by atoms with Crippen molar-refractivity contribution < 1.29 is 29.3 Å². The summed E-state index contributed by atoms with van der Waals surface area (Å²) in [5.41, 5.74) is 2.83. The van der Waals surface area contributed by atoms with Gasteiger partial charge in [-0.15, -0.1) is 0 Å². The first-order valence-corrected chi connectivity index (χ1v) is 10.4. The van der Waals surface area contributed by atoms with Gasteiger partial charge in [0, 0.05) is 5.56 Å². The third kappa shape index (κ3) is 3.38. The number of ether oxygens (including phenoxy) is 2. The molecule has 5 rings (SSSR count). The van der Waals surface area contributed by atoms with Gasteiger partial charge in [-0.25, -0.2) is 0 Å². The summed E-state index contributed by atoms with van der Waals surface area (Å²) < 4.78 is 10.7. The first-order valence-electron chi connectivity index (χ1n) is 10.4. The van der Waals surface area contributed by atoms with Gasteiger partial charge in [0.2, 0.25) is 6.79 Å². The molecule has 0 spiro atoms. The molecule has 166 valence electrons. The third-order valence-electron chi connectivity index (χ3n) is 5.84. The van der Waals surface area contributed by atoms with E-state index in [-0.39, 0.29) is 29.6 Å². The predicted octanol–water partition coefficient (Wildman–Crippen LogP) is 4.36. The summed E-state index contributed by atoms with van der Waals surface area (Å²) in [6, 6.07) is 16.1. The number of benzene rings is 3. The van der Waals surface area contributed by atoms with Crippen molar-refractivity contribution in [3.63, 3.8) is 0 Å². The van der Waals surface area contributed by atoms with Crippen LogP contribution in [0.3, 0.4) is 0 Å². The zero-order chi connectivity index (χ0) is 23.3. The number of hydrogen-bond acceptors (Lipinski definition) is 6. The molecule has 0 aromatic heterocycles. The predicted molar refractivity (Wildman–Crippen MR) is 121 cm³/mol. The fourth-order valence-corrected chi connectivity index (χ4v) is 4.26. The molecule has 1 unspecified atom stereocenters. The minimum atomic E-state index is -0.928. The van der Waals surface area contributed by atoms with Gasteiger partial charge in [0.15, 0.2) is 11.5 Å². The Morgan fingerprint density at radius 3 is 2.48 bits per heavy atom. The number of amides is 1. The van der Waals surface area contributed by atoms with Crippen molar-refractivity contribution in [2.24, 2.45) is 0 Å². The molecule has 0 saturated carbocycles. The second-order valence-corrected chi connectivity index (χ2v) is 8.14. The van der Waals surface area contributed by atoms with Crippen molar-refractivity contribution in [2.75, 3.05) is 11.7 Å². The summed E-state index contributed by atoms with van der Waals surface area (Å²) in [6.45, 7) is 3.80. The number of phenols is 1. The Labute approximate surface area is 190 Å². The molecule has 2 N–H and O–H groups in total. The van der Waals surface area contributed by atoms with Crippen LogP contribution in [0.25, 0.3) is 5.76 Å². The normalized spacial score (nSPS) is 18.7. The number of Topliss-reactive ketones (excluding diaryl/α,β-unsaturated/α-hetero) is 1. The average Bonchev–Trinajstić information content (AvgIpc) is 3.37. The van der Waals surface area contributed by atoms with Gasteiger partial charge in [0.25, 0.3) is 11.7 Å². The Balaban J connectivity index is 1.74. The van der Waals surface area contributed by atoms with Crippen molar-refractivity contribution in [1.29, 1.82) is 0 Å². The minimum Gasteiger partial charge on any atom is -0.507 e. The number of aliphatic hydroxyl groups is 1. The largest absolute Gasteiger partial charge is 0.507 e. The number of nitrogens with zero attached hydrogens (tertiary/aromatic N) is 1. The summed E-state index contributed by atoms with van der Waals surface area (Å²) in [4.78, 5) is 27.8. The highest BCUT2D eigenvalue weighted by Crippen LogP contribution is 2.45. The molecule has 7 nitrogen and oxygen atoms in total. The highest BCUT2D eigenvalue weighted by molar-refractivity contribution is 6.52. The molecule has 1 fully saturated rings. The molecule has 33 heavy (non-hydrogen) atoms. The number of carbonyl (C=O) groups excluding carboxylic acids is 2. The molecular weight excluding hydrogens is 422 g/mol. The maximum absolute atomic E-state index is 13.3. The zero-order valence-electron chi connectivity index (χ0n) is 18.0. The van der Waals surface area contributed by atoms with Gasteiger partial charge in [-0.05, 0) is 55.3 Å². The van der Waals surface area contributed by atoms with Gasteiger partial charge in [0.1, 0.15) is 11.5 Å². The standard InChI is InChI=1S/C26H21NO6/c1-14-4-3-5-16(10-14)23-22(24(29)17-7-9-20-21(12-17)33-13-32-20)25(30)26(31)27(23)18-11-15(2)6-8-19(18)28/h3-12,23,28-29H,13H2,1-2H3/b24-22-. The van der Waals surface area contributed by atoms with Crippen molar-refractivity contribution in [3.05, 3.63) is 88.5 Å². The Kier molecular flexibility index (Phi) is 4.82. The molecule has 1 amide bonds. The van der Waals surface area contributed by atoms with Crippen LogP contribution in [0.1, 0.15) is 28.3 Å². The van der Waals surface area contributed by atoms with E-state index in [2.05, 4.69) is 0 Å². The van der Waals surface area contributed by atoms with E-state index < -0.39 is 17.7 Å². The molecular formula is C26H21NO6. The SMILES string of the molecule is Cc1cccc(C2/C(=C(/O)c3ccc4c(c3)OCO4)C(=O)C(=O)N2c2cc(C)ccc2O)c1. The number of ketones is 1. The quantitative estimate of drug-likeness (QED) is 0.355. The number of rotatable bonds is 3. The molecule has 1 saturated heterocycles. The Bertz CT molecular complexity index is 1340. The molecule has 2 aliphatic heterocycles. The minimum absolute atomic E-state index is 0.0645. The van der Waals surface area contributed by atoms with Crippen LogP contribution in [0.2, 0.25) is 0 Å². The third-order valence-corrected chi connectivity index (χ3v) is 5.84. The monoisotopic (exact) mass is 443 g/mol. The summed E-state index contributed by atoms with van der Waals surface area (Å²) in [7, 11) is 0. The second-order valence-electron chi connectivity index (χ2n) is 8.14. The van der Waals surface area contributed by atoms with Gasteiger partial charge >= 0.3 is 0 Å². The number of phenolic OH excluding ortho intramolecular Hbond substituents is 1. The number of aliphatic hydroxyl groups excluding tert-OH is 1. The van der Waals surface area contributed by atoms with Gasteiger partial charge in [-0.2, -0.15) is 0 Å². The maximum Gasteiger partial charge on any atom is 0.300 e. The van der Waals surface area contributed by atoms with E-state index in [1.807, 2.05) is 32.0 Å². The van der Waals surface area contributed by atoms with Crippen LogP contribution in [-0.4, -0.2) is 28.7 Å². The first-order chi connectivity index (χ1) is 15.8. The highest BCUT2D eigenvalue weighted by atomic mass is 16.7. The van der Waals surface area contributed by atoms with E-state index in [9.17, 15) is 19.8 Å². The highest BCUT2D eigenvalue weighted by Gasteiger charge is 2.47. The maximum atomic E-state index is 13.3. The average molecular weight is 443 g/mol. The van der Waals surface area contributed by atoms with Crippen LogP contribution < -0.4 is 14.4 Å². The van der Waals surface area contributed by atoms with E-state index in [0.717, 1.165) is 11.1 Å². The Morgan fingerprint density at radius 1 is 0.939 bits per heavy atom. The summed E-state index contributed by atoms with van der Waals surface area (Å²) in [5, 5.41) is 21.8. The van der Waals surface area contributed by atoms with Crippen LogP contribution >= 0.6 is 0 Å². The molecule has 2 heterocycles. The van der Waals surface area contributed by atoms with Crippen molar-refractivity contribution in [3.8, 4) is 17.2 Å². The number of fused-ring (bicyclic) bond motifs is 1. The molecule has 0 radical (unpaired) electrons. The molecule has 2 aliphatic rings. The van der Waals surface area contributed by atoms with E-state index in [1.165, 1.54) is 11.0 Å². The lowest BCUT2D eigenvalue weighted by atomic mass is 9.94. The lowest BCUT2D eigenvalue weighted by Gasteiger charge is -2.26. The van der Waals surface area contributed by atoms with Crippen LogP contribution in [-0.2, 0) is 9.59 Å². The fourth-order valence-electron chi connectivity index (χ4n) is 4.26. The topological polar surface area (TPSA) is 96.3 Å². The van der Waals surface area contributed by atoms with Crippen molar-refractivity contribution in [1.82, 2.24) is 0 Å².